The van der Waals surface area contributed by atoms with Gasteiger partial charge in [0.1, 0.15) is 11.5 Å². The molecule has 0 spiro atoms. The van der Waals surface area contributed by atoms with Crippen molar-refractivity contribution in [3.05, 3.63) is 84.2 Å². The number of anilines is 3. The number of halogens is 1. The Morgan fingerprint density at radius 2 is 1.81 bits per heavy atom. The molecule has 2 aromatic heterocycles. The number of hydrogen-bond donors (Lipinski definition) is 3. The van der Waals surface area contributed by atoms with Gasteiger partial charge in [-0.2, -0.15) is 0 Å². The molecule has 5 rings (SSSR count). The number of ether oxygens (including phenoxy) is 1. The van der Waals surface area contributed by atoms with Crippen molar-refractivity contribution in [2.24, 2.45) is 0 Å². The first-order valence-electron chi connectivity index (χ1n) is 14.3. The van der Waals surface area contributed by atoms with Crippen LogP contribution in [0.3, 0.4) is 0 Å². The van der Waals surface area contributed by atoms with E-state index in [1.165, 1.54) is 0 Å². The number of nitrogens with one attached hydrogen (secondary N) is 3. The average Bonchev–Trinajstić information content (AvgIpc) is 3.43. The van der Waals surface area contributed by atoms with Crippen LogP contribution >= 0.6 is 0 Å². The molecule has 1 aliphatic rings. The zero-order valence-electron chi connectivity index (χ0n) is 24.2. The molecule has 220 valence electrons. The number of benzene rings is 2. The van der Waals surface area contributed by atoms with Crippen molar-refractivity contribution in [2.45, 2.75) is 38.5 Å². The first kappa shape index (κ1) is 29.2. The summed E-state index contributed by atoms with van der Waals surface area (Å²) in [4.78, 5) is 31.8. The van der Waals surface area contributed by atoms with Crippen LogP contribution in [0.4, 0.5) is 26.4 Å². The largest absolute Gasteiger partial charge is 0.377 e. The molecule has 0 bridgehead atoms. The highest BCUT2D eigenvalue weighted by Gasteiger charge is 2.33. The lowest BCUT2D eigenvalue weighted by Crippen LogP contribution is -2.36. The Labute approximate surface area is 245 Å². The first-order valence-corrected chi connectivity index (χ1v) is 14.3. The normalized spacial score (nSPS) is 14.6. The third kappa shape index (κ3) is 6.45. The summed E-state index contributed by atoms with van der Waals surface area (Å²) in [6, 6.07) is 18.0. The zero-order valence-corrected chi connectivity index (χ0v) is 24.2. The maximum Gasteiger partial charge on any atom is 0.325 e. The standard InChI is InChI=1S/C32H37FN6O3/c1-22(2)42-19-18-38(26-8-9-28-24(20-26)11-17-39(28)31(41)34-3)27-10-14-36-29(21-27)37-30(40)23-4-6-25(7-5-23)32(33)12-15-35-16-13-32/h4-11,14,17,20-22,35H,12-13,15-16,18-19H2,1-3H3,(H,34,41)(H,36,37,40). The van der Waals surface area contributed by atoms with Crippen LogP contribution in [0, 0.1) is 0 Å². The van der Waals surface area contributed by atoms with E-state index in [2.05, 4.69) is 25.8 Å². The maximum absolute atomic E-state index is 15.3. The molecular formula is C32H37FN6O3. The summed E-state index contributed by atoms with van der Waals surface area (Å²) < 4.78 is 22.8. The van der Waals surface area contributed by atoms with Gasteiger partial charge in [-0.05, 0) is 87.8 Å². The van der Waals surface area contributed by atoms with Crippen molar-refractivity contribution >= 4 is 40.0 Å². The first-order chi connectivity index (χ1) is 20.3. The Bertz CT molecular complexity index is 1550. The minimum absolute atomic E-state index is 0.0802. The molecule has 0 unspecified atom stereocenters. The van der Waals surface area contributed by atoms with Gasteiger partial charge in [-0.1, -0.05) is 12.1 Å². The van der Waals surface area contributed by atoms with E-state index >= 15 is 4.39 Å². The second-order valence-electron chi connectivity index (χ2n) is 10.7. The highest BCUT2D eigenvalue weighted by atomic mass is 19.1. The van der Waals surface area contributed by atoms with E-state index < -0.39 is 5.67 Å². The molecule has 9 nitrogen and oxygen atoms in total. The summed E-state index contributed by atoms with van der Waals surface area (Å²) in [6.07, 6.45) is 4.30. The van der Waals surface area contributed by atoms with Crippen molar-refractivity contribution in [2.75, 3.05) is 43.5 Å². The smallest absolute Gasteiger partial charge is 0.325 e. The predicted octanol–water partition coefficient (Wildman–Crippen LogP) is 5.59. The average molecular weight is 573 g/mol. The Morgan fingerprint density at radius 3 is 2.52 bits per heavy atom. The van der Waals surface area contributed by atoms with E-state index in [9.17, 15) is 9.59 Å². The number of fused-ring (bicyclic) bond motifs is 1. The van der Waals surface area contributed by atoms with E-state index in [0.717, 1.165) is 22.3 Å². The molecule has 0 radical (unpaired) electrons. The number of alkyl halides is 1. The van der Waals surface area contributed by atoms with E-state index in [1.807, 2.05) is 50.2 Å². The molecular weight excluding hydrogens is 535 g/mol. The molecule has 0 saturated carbocycles. The number of hydrogen-bond acceptors (Lipinski definition) is 6. The van der Waals surface area contributed by atoms with Gasteiger partial charge in [-0.25, -0.2) is 14.2 Å². The van der Waals surface area contributed by atoms with Crippen molar-refractivity contribution < 1.29 is 18.7 Å². The monoisotopic (exact) mass is 572 g/mol. The van der Waals surface area contributed by atoms with Gasteiger partial charge in [0.05, 0.1) is 18.2 Å². The van der Waals surface area contributed by atoms with Crippen molar-refractivity contribution in [3.8, 4) is 0 Å². The lowest BCUT2D eigenvalue weighted by molar-refractivity contribution is 0.0851. The summed E-state index contributed by atoms with van der Waals surface area (Å²) >= 11 is 0. The predicted molar refractivity (Wildman–Crippen MR) is 163 cm³/mol. The quantitative estimate of drug-likeness (QED) is 0.242. The fourth-order valence-electron chi connectivity index (χ4n) is 5.26. The third-order valence-corrected chi connectivity index (χ3v) is 7.54. The molecule has 1 fully saturated rings. The van der Waals surface area contributed by atoms with Crippen LogP contribution in [0.2, 0.25) is 0 Å². The van der Waals surface area contributed by atoms with Gasteiger partial charge < -0.3 is 25.6 Å². The van der Waals surface area contributed by atoms with E-state index in [0.29, 0.717) is 56.0 Å². The molecule has 1 aliphatic heterocycles. The summed E-state index contributed by atoms with van der Waals surface area (Å²) in [5.41, 5.74) is 2.18. The van der Waals surface area contributed by atoms with Gasteiger partial charge in [0.25, 0.3) is 5.91 Å². The third-order valence-electron chi connectivity index (χ3n) is 7.54. The Balaban J connectivity index is 1.37. The van der Waals surface area contributed by atoms with Crippen molar-refractivity contribution in [1.82, 2.24) is 20.2 Å². The number of piperidine rings is 1. The summed E-state index contributed by atoms with van der Waals surface area (Å²) in [5.74, 6) is 0.0691. The number of aromatic nitrogens is 2. The van der Waals surface area contributed by atoms with Gasteiger partial charge >= 0.3 is 6.03 Å². The van der Waals surface area contributed by atoms with Crippen molar-refractivity contribution in [1.29, 1.82) is 0 Å². The minimum Gasteiger partial charge on any atom is -0.377 e. The van der Waals surface area contributed by atoms with Gasteiger partial charge in [0.2, 0.25) is 0 Å². The lowest BCUT2D eigenvalue weighted by Gasteiger charge is -2.30. The highest BCUT2D eigenvalue weighted by Crippen LogP contribution is 2.35. The van der Waals surface area contributed by atoms with Crippen LogP contribution in [0.5, 0.6) is 0 Å². The fourth-order valence-corrected chi connectivity index (χ4v) is 5.26. The molecule has 4 aromatic rings. The number of pyridine rings is 1. The highest BCUT2D eigenvalue weighted by molar-refractivity contribution is 6.04. The van der Waals surface area contributed by atoms with Gasteiger partial charge in [-0.15, -0.1) is 0 Å². The second kappa shape index (κ2) is 12.7. The SMILES string of the molecule is CNC(=O)n1ccc2cc(N(CCOC(C)C)c3ccnc(NC(=O)c4ccc(C5(F)CCNCC5)cc4)c3)ccc21. The van der Waals surface area contributed by atoms with Crippen molar-refractivity contribution in [3.63, 3.8) is 0 Å². The van der Waals surface area contributed by atoms with E-state index in [4.69, 9.17) is 4.74 Å². The topological polar surface area (TPSA) is 101 Å². The molecule has 42 heavy (non-hydrogen) atoms. The van der Waals surface area contributed by atoms with Crippen LogP contribution in [-0.4, -0.2) is 60.9 Å². The van der Waals surface area contributed by atoms with Gasteiger partial charge in [0, 0.05) is 54.4 Å². The van der Waals surface area contributed by atoms with Crippen LogP contribution < -0.4 is 20.9 Å². The Morgan fingerprint density at radius 1 is 1.07 bits per heavy atom. The molecule has 2 aromatic carbocycles. The van der Waals surface area contributed by atoms with Gasteiger partial charge in [0.15, 0.2) is 0 Å². The second-order valence-corrected chi connectivity index (χ2v) is 10.7. The molecule has 0 aliphatic carbocycles. The fraction of sp³-hybridized carbons (Fsp3) is 0.344. The molecule has 3 heterocycles. The van der Waals surface area contributed by atoms with Crippen LogP contribution in [0.25, 0.3) is 10.9 Å². The van der Waals surface area contributed by atoms with E-state index in [-0.39, 0.29) is 18.0 Å². The minimum atomic E-state index is -1.37. The van der Waals surface area contributed by atoms with Crippen LogP contribution in [0.1, 0.15) is 42.6 Å². The number of amides is 2. The van der Waals surface area contributed by atoms with Gasteiger partial charge in [-0.3, -0.25) is 9.36 Å². The maximum atomic E-state index is 15.3. The molecule has 0 atom stereocenters. The van der Waals surface area contributed by atoms with Crippen LogP contribution in [0.15, 0.2) is 73.1 Å². The van der Waals surface area contributed by atoms with E-state index in [1.54, 1.807) is 48.3 Å². The number of carbonyl (C=O) groups excluding carboxylic acids is 2. The number of nitrogens with zero attached hydrogens (tertiary/aromatic N) is 3. The summed E-state index contributed by atoms with van der Waals surface area (Å²) in [6.45, 7) is 6.29. The zero-order chi connectivity index (χ0) is 29.7. The molecule has 2 amide bonds. The summed E-state index contributed by atoms with van der Waals surface area (Å²) in [7, 11) is 1.60. The summed E-state index contributed by atoms with van der Waals surface area (Å²) in [5, 5.41) is 9.63. The lowest BCUT2D eigenvalue weighted by atomic mass is 9.86. The molecule has 1 saturated heterocycles. The number of rotatable bonds is 9. The van der Waals surface area contributed by atoms with Crippen LogP contribution in [-0.2, 0) is 10.4 Å². The molecule has 10 heteroatoms. The Kier molecular flexibility index (Phi) is 8.84. The number of carbonyl (C=O) groups is 2. The molecule has 3 N–H and O–H groups in total. The Hall–Kier alpha value is -4.28.